The molecule has 3 rings (SSSR count). The number of aromatic nitrogens is 3. The number of nitrogens with zero attached hydrogens (tertiary/aromatic N) is 2. The Balaban J connectivity index is 2.18. The Morgan fingerprint density at radius 2 is 1.79 bits per heavy atom. The topological polar surface area (TPSA) is 93.8 Å². The highest BCUT2D eigenvalue weighted by atomic mass is 32.2. The van der Waals surface area contributed by atoms with Crippen molar-refractivity contribution in [1.82, 2.24) is 14.8 Å². The monoisotopic (exact) mass is 368 g/mol. The van der Waals surface area contributed by atoms with Crippen LogP contribution in [0.3, 0.4) is 0 Å². The number of aromatic amines is 1. The molecule has 0 spiro atoms. The minimum Gasteiger partial charge on any atom is -0.268 e. The van der Waals surface area contributed by atoms with E-state index in [1.807, 2.05) is 0 Å². The van der Waals surface area contributed by atoms with Crippen LogP contribution < -0.4 is 5.14 Å². The predicted molar refractivity (Wildman–Crippen MR) is 85.5 cm³/mol. The maximum absolute atomic E-state index is 14.0. The van der Waals surface area contributed by atoms with Gasteiger partial charge in [0.15, 0.2) is 10.6 Å². The Morgan fingerprint density at radius 3 is 2.42 bits per heavy atom. The minimum absolute atomic E-state index is 0.0559. The van der Waals surface area contributed by atoms with Crippen molar-refractivity contribution in [2.24, 2.45) is 5.14 Å². The van der Waals surface area contributed by atoms with Crippen LogP contribution in [0, 0.1) is 16.4 Å². The molecule has 0 bridgehead atoms. The summed E-state index contributed by atoms with van der Waals surface area (Å²) in [5.41, 5.74) is 0.331. The Bertz CT molecular complexity index is 1070. The number of sulfonamides is 1. The lowest BCUT2D eigenvalue weighted by Gasteiger charge is -2.08. The van der Waals surface area contributed by atoms with Crippen LogP contribution in [0.25, 0.3) is 17.1 Å². The summed E-state index contributed by atoms with van der Waals surface area (Å²) in [6, 6.07) is 8.41. The SMILES string of the molecule is NS(=O)(=O)c1ccc(-n2c(-c3cc(F)ccc3F)n[nH]c2=S)cc1. The normalized spacial score (nSPS) is 11.6. The lowest BCUT2D eigenvalue weighted by molar-refractivity contribution is 0.597. The van der Waals surface area contributed by atoms with E-state index in [1.165, 1.54) is 28.8 Å². The zero-order valence-electron chi connectivity index (χ0n) is 11.9. The maximum Gasteiger partial charge on any atom is 0.238 e. The molecule has 1 heterocycles. The van der Waals surface area contributed by atoms with Gasteiger partial charge in [-0.2, -0.15) is 5.10 Å². The number of hydrogen-bond acceptors (Lipinski definition) is 4. The first-order valence-electron chi connectivity index (χ1n) is 6.53. The molecule has 0 saturated heterocycles. The molecule has 0 aliphatic carbocycles. The third-order valence-electron chi connectivity index (χ3n) is 3.27. The molecule has 0 saturated carbocycles. The molecule has 0 fully saturated rings. The van der Waals surface area contributed by atoms with Crippen LogP contribution in [0.15, 0.2) is 47.4 Å². The second kappa shape index (κ2) is 5.89. The summed E-state index contributed by atoms with van der Waals surface area (Å²) in [4.78, 5) is -0.0836. The van der Waals surface area contributed by atoms with Gasteiger partial charge >= 0.3 is 0 Å². The summed E-state index contributed by atoms with van der Waals surface area (Å²) in [6.45, 7) is 0. The van der Waals surface area contributed by atoms with Crippen molar-refractivity contribution in [3.8, 4) is 17.1 Å². The molecule has 2 aromatic carbocycles. The van der Waals surface area contributed by atoms with E-state index in [4.69, 9.17) is 17.4 Å². The second-order valence-electron chi connectivity index (χ2n) is 4.85. The van der Waals surface area contributed by atoms with E-state index in [1.54, 1.807) is 0 Å². The van der Waals surface area contributed by atoms with Gasteiger partial charge in [0.25, 0.3) is 0 Å². The van der Waals surface area contributed by atoms with Gasteiger partial charge in [0.05, 0.1) is 16.1 Å². The van der Waals surface area contributed by atoms with Crippen molar-refractivity contribution < 1.29 is 17.2 Å². The van der Waals surface area contributed by atoms with Gasteiger partial charge in [-0.1, -0.05) is 0 Å². The molecule has 24 heavy (non-hydrogen) atoms. The minimum atomic E-state index is -3.84. The number of nitrogens with two attached hydrogens (primary N) is 1. The fourth-order valence-corrected chi connectivity index (χ4v) is 2.92. The van der Waals surface area contributed by atoms with Crippen molar-refractivity contribution in [2.45, 2.75) is 4.90 Å². The van der Waals surface area contributed by atoms with Crippen molar-refractivity contribution in [2.75, 3.05) is 0 Å². The first-order chi connectivity index (χ1) is 11.3. The largest absolute Gasteiger partial charge is 0.268 e. The fraction of sp³-hybridized carbons (Fsp3) is 0. The van der Waals surface area contributed by atoms with Crippen LogP contribution in [-0.4, -0.2) is 23.2 Å². The zero-order chi connectivity index (χ0) is 17.5. The van der Waals surface area contributed by atoms with E-state index in [2.05, 4.69) is 10.2 Å². The van der Waals surface area contributed by atoms with Crippen LogP contribution in [0.1, 0.15) is 0 Å². The molecule has 3 N–H and O–H groups in total. The summed E-state index contributed by atoms with van der Waals surface area (Å²) in [7, 11) is -3.84. The Kier molecular flexibility index (Phi) is 4.03. The highest BCUT2D eigenvalue weighted by Gasteiger charge is 2.16. The number of rotatable bonds is 3. The predicted octanol–water partition coefficient (Wildman–Crippen LogP) is 2.52. The molecule has 0 radical (unpaired) electrons. The van der Waals surface area contributed by atoms with E-state index < -0.39 is 21.7 Å². The zero-order valence-corrected chi connectivity index (χ0v) is 13.5. The molecule has 124 valence electrons. The average molecular weight is 368 g/mol. The van der Waals surface area contributed by atoms with Gasteiger partial charge in [0, 0.05) is 0 Å². The number of benzene rings is 2. The molecule has 6 nitrogen and oxygen atoms in total. The van der Waals surface area contributed by atoms with Gasteiger partial charge in [-0.25, -0.2) is 22.3 Å². The molecule has 0 atom stereocenters. The standard InChI is InChI=1S/C14H10F2N4O2S2/c15-8-1-6-12(16)11(7-8)13-18-19-14(23)20(13)9-2-4-10(5-3-9)24(17,21)22/h1-7H,(H,19,23)(H2,17,21,22). The first kappa shape index (κ1) is 16.4. The van der Waals surface area contributed by atoms with Crippen LogP contribution >= 0.6 is 12.2 Å². The quantitative estimate of drug-likeness (QED) is 0.695. The molecular weight excluding hydrogens is 358 g/mol. The van der Waals surface area contributed by atoms with Crippen molar-refractivity contribution in [3.63, 3.8) is 0 Å². The van der Waals surface area contributed by atoms with E-state index in [0.29, 0.717) is 5.69 Å². The summed E-state index contributed by atoms with van der Waals surface area (Å²) >= 11 is 5.12. The number of hydrogen-bond donors (Lipinski definition) is 2. The highest BCUT2D eigenvalue weighted by Crippen LogP contribution is 2.25. The van der Waals surface area contributed by atoms with Gasteiger partial charge in [0.1, 0.15) is 11.6 Å². The Labute approximate surface area is 140 Å². The first-order valence-corrected chi connectivity index (χ1v) is 8.49. The lowest BCUT2D eigenvalue weighted by atomic mass is 10.2. The molecule has 3 aromatic rings. The van der Waals surface area contributed by atoms with Crippen molar-refractivity contribution in [1.29, 1.82) is 0 Å². The lowest BCUT2D eigenvalue weighted by Crippen LogP contribution is -2.12. The Morgan fingerprint density at radius 1 is 1.12 bits per heavy atom. The van der Waals surface area contributed by atoms with Gasteiger partial charge in [-0.05, 0) is 54.7 Å². The summed E-state index contributed by atoms with van der Waals surface area (Å²) < 4.78 is 51.6. The number of H-pyrrole nitrogens is 1. The van der Waals surface area contributed by atoms with Crippen LogP contribution in [-0.2, 0) is 10.0 Å². The third-order valence-corrected chi connectivity index (χ3v) is 4.47. The molecule has 0 unspecified atom stereocenters. The molecule has 0 amide bonds. The van der Waals surface area contributed by atoms with E-state index in [-0.39, 0.29) is 21.1 Å². The molecule has 0 aliphatic heterocycles. The fourth-order valence-electron chi connectivity index (χ4n) is 2.17. The third kappa shape index (κ3) is 2.98. The maximum atomic E-state index is 14.0. The van der Waals surface area contributed by atoms with Gasteiger partial charge in [0.2, 0.25) is 10.0 Å². The van der Waals surface area contributed by atoms with Gasteiger partial charge in [-0.3, -0.25) is 9.67 Å². The van der Waals surface area contributed by atoms with Gasteiger partial charge < -0.3 is 0 Å². The van der Waals surface area contributed by atoms with Crippen molar-refractivity contribution in [3.05, 3.63) is 58.9 Å². The second-order valence-corrected chi connectivity index (χ2v) is 6.80. The Hall–Kier alpha value is -2.43. The summed E-state index contributed by atoms with van der Waals surface area (Å²) in [5.74, 6) is -1.25. The molecule has 10 heteroatoms. The summed E-state index contributed by atoms with van der Waals surface area (Å²) in [6.07, 6.45) is 0. The van der Waals surface area contributed by atoms with Crippen molar-refractivity contribution >= 4 is 22.2 Å². The van der Waals surface area contributed by atoms with Crippen LogP contribution in [0.4, 0.5) is 8.78 Å². The number of halogens is 2. The smallest absolute Gasteiger partial charge is 0.238 e. The average Bonchev–Trinajstić information content (AvgIpc) is 2.90. The van der Waals surface area contributed by atoms with Crippen LogP contribution in [0.5, 0.6) is 0 Å². The molecule has 0 aliphatic rings. The molecular formula is C14H10F2N4O2S2. The molecule has 1 aromatic heterocycles. The number of primary sulfonamides is 1. The van der Waals surface area contributed by atoms with E-state index in [0.717, 1.165) is 18.2 Å². The summed E-state index contributed by atoms with van der Waals surface area (Å²) in [5, 5.41) is 11.5. The highest BCUT2D eigenvalue weighted by molar-refractivity contribution is 7.89. The van der Waals surface area contributed by atoms with E-state index >= 15 is 0 Å². The number of nitrogens with one attached hydrogen (secondary N) is 1. The van der Waals surface area contributed by atoms with Gasteiger partial charge in [-0.15, -0.1) is 0 Å². The van der Waals surface area contributed by atoms with E-state index in [9.17, 15) is 17.2 Å². The van der Waals surface area contributed by atoms with Crippen LogP contribution in [0.2, 0.25) is 0 Å².